The molecule has 0 saturated carbocycles. The van der Waals surface area contributed by atoms with E-state index in [1.54, 1.807) is 5.38 Å². The highest BCUT2D eigenvalue weighted by atomic mass is 32.1. The molecule has 2 aromatic rings. The summed E-state index contributed by atoms with van der Waals surface area (Å²) >= 11 is 1.39. The SMILES string of the molecule is NCc1nc(C(=O)NCCOCc2ccccc2)cs1. The summed E-state index contributed by atoms with van der Waals surface area (Å²) in [5.41, 5.74) is 6.99. The van der Waals surface area contributed by atoms with E-state index in [0.29, 0.717) is 32.0 Å². The highest BCUT2D eigenvalue weighted by Crippen LogP contribution is 2.08. The minimum absolute atomic E-state index is 0.190. The van der Waals surface area contributed by atoms with E-state index in [9.17, 15) is 4.79 Å². The Labute approximate surface area is 121 Å². The average Bonchev–Trinajstić information content (AvgIpc) is 2.97. The van der Waals surface area contributed by atoms with Gasteiger partial charge in [0.2, 0.25) is 0 Å². The van der Waals surface area contributed by atoms with Crippen molar-refractivity contribution < 1.29 is 9.53 Å². The minimum Gasteiger partial charge on any atom is -0.375 e. The molecule has 1 heterocycles. The van der Waals surface area contributed by atoms with Gasteiger partial charge >= 0.3 is 0 Å². The van der Waals surface area contributed by atoms with E-state index in [1.165, 1.54) is 11.3 Å². The molecular weight excluding hydrogens is 274 g/mol. The second kappa shape index (κ2) is 7.74. The summed E-state index contributed by atoms with van der Waals surface area (Å²) in [5, 5.41) is 5.23. The second-order valence-electron chi connectivity index (χ2n) is 4.12. The number of amides is 1. The van der Waals surface area contributed by atoms with Crippen LogP contribution in [-0.2, 0) is 17.9 Å². The average molecular weight is 291 g/mol. The summed E-state index contributed by atoms with van der Waals surface area (Å²) < 4.78 is 5.48. The first-order chi connectivity index (χ1) is 9.79. The van der Waals surface area contributed by atoms with E-state index in [0.717, 1.165) is 10.6 Å². The molecule has 1 aromatic carbocycles. The smallest absolute Gasteiger partial charge is 0.270 e. The number of carbonyl (C=O) groups excluding carboxylic acids is 1. The van der Waals surface area contributed by atoms with Crippen LogP contribution >= 0.6 is 11.3 Å². The molecule has 0 unspecified atom stereocenters. The van der Waals surface area contributed by atoms with Crippen molar-refractivity contribution in [1.29, 1.82) is 0 Å². The molecule has 2 rings (SSSR count). The zero-order valence-corrected chi connectivity index (χ0v) is 11.9. The Morgan fingerprint density at radius 2 is 2.15 bits per heavy atom. The van der Waals surface area contributed by atoms with E-state index in [2.05, 4.69) is 10.3 Å². The maximum absolute atomic E-state index is 11.7. The van der Waals surface area contributed by atoms with Crippen LogP contribution < -0.4 is 11.1 Å². The van der Waals surface area contributed by atoms with Gasteiger partial charge < -0.3 is 15.8 Å². The van der Waals surface area contributed by atoms with Crippen molar-refractivity contribution in [3.63, 3.8) is 0 Å². The summed E-state index contributed by atoms with van der Waals surface area (Å²) in [4.78, 5) is 15.9. The third-order valence-corrected chi connectivity index (χ3v) is 3.47. The fraction of sp³-hybridized carbons (Fsp3) is 0.286. The Kier molecular flexibility index (Phi) is 5.67. The van der Waals surface area contributed by atoms with Crippen LogP contribution in [0.15, 0.2) is 35.7 Å². The lowest BCUT2D eigenvalue weighted by Crippen LogP contribution is -2.27. The zero-order chi connectivity index (χ0) is 14.2. The number of nitrogens with two attached hydrogens (primary N) is 1. The van der Waals surface area contributed by atoms with Crippen LogP contribution in [0.4, 0.5) is 0 Å². The van der Waals surface area contributed by atoms with Crippen LogP contribution in [-0.4, -0.2) is 24.0 Å². The summed E-state index contributed by atoms with van der Waals surface area (Å²) in [6, 6.07) is 9.91. The molecule has 106 valence electrons. The molecule has 1 amide bonds. The summed E-state index contributed by atoms with van der Waals surface area (Å²) in [6.45, 7) is 1.83. The third kappa shape index (κ3) is 4.41. The number of rotatable bonds is 7. The molecule has 0 aliphatic heterocycles. The maximum Gasteiger partial charge on any atom is 0.270 e. The number of nitrogens with one attached hydrogen (secondary N) is 1. The first-order valence-electron chi connectivity index (χ1n) is 6.34. The Morgan fingerprint density at radius 1 is 1.35 bits per heavy atom. The molecule has 0 spiro atoms. The van der Waals surface area contributed by atoms with E-state index in [4.69, 9.17) is 10.5 Å². The van der Waals surface area contributed by atoms with E-state index < -0.39 is 0 Å². The van der Waals surface area contributed by atoms with Crippen LogP contribution in [0.5, 0.6) is 0 Å². The standard InChI is InChI=1S/C14H17N3O2S/c15-8-13-17-12(10-20-13)14(18)16-6-7-19-9-11-4-2-1-3-5-11/h1-5,10H,6-9,15H2,(H,16,18). The summed E-state index contributed by atoms with van der Waals surface area (Å²) in [6.07, 6.45) is 0. The van der Waals surface area contributed by atoms with Gasteiger partial charge in [0.1, 0.15) is 10.7 Å². The van der Waals surface area contributed by atoms with Crippen LogP contribution in [0.1, 0.15) is 21.1 Å². The number of carbonyl (C=O) groups is 1. The normalized spacial score (nSPS) is 10.4. The molecule has 0 radical (unpaired) electrons. The highest BCUT2D eigenvalue weighted by molar-refractivity contribution is 7.09. The highest BCUT2D eigenvalue weighted by Gasteiger charge is 2.09. The number of thiazole rings is 1. The predicted molar refractivity (Wildman–Crippen MR) is 78.4 cm³/mol. The van der Waals surface area contributed by atoms with E-state index in [1.807, 2.05) is 30.3 Å². The van der Waals surface area contributed by atoms with Gasteiger partial charge in [-0.05, 0) is 5.56 Å². The van der Waals surface area contributed by atoms with Crippen LogP contribution in [0.2, 0.25) is 0 Å². The molecule has 0 fully saturated rings. The number of hydrogen-bond donors (Lipinski definition) is 2. The van der Waals surface area contributed by atoms with Gasteiger partial charge in [-0.2, -0.15) is 0 Å². The van der Waals surface area contributed by atoms with Gasteiger partial charge in [0.05, 0.1) is 13.2 Å². The molecular formula is C14H17N3O2S. The van der Waals surface area contributed by atoms with E-state index in [-0.39, 0.29) is 5.91 Å². The zero-order valence-electron chi connectivity index (χ0n) is 11.0. The fourth-order valence-corrected chi connectivity index (χ4v) is 2.26. The Hall–Kier alpha value is -1.76. The largest absolute Gasteiger partial charge is 0.375 e. The Balaban J connectivity index is 1.64. The minimum atomic E-state index is -0.190. The number of hydrogen-bond acceptors (Lipinski definition) is 5. The molecule has 0 bridgehead atoms. The molecule has 0 atom stereocenters. The fourth-order valence-electron chi connectivity index (χ4n) is 1.60. The molecule has 1 aromatic heterocycles. The third-order valence-electron chi connectivity index (χ3n) is 2.60. The topological polar surface area (TPSA) is 77.2 Å². The first-order valence-corrected chi connectivity index (χ1v) is 7.22. The quantitative estimate of drug-likeness (QED) is 0.759. The molecule has 3 N–H and O–H groups in total. The number of benzene rings is 1. The molecule has 5 nitrogen and oxygen atoms in total. The van der Waals surface area contributed by atoms with Crippen LogP contribution in [0, 0.1) is 0 Å². The van der Waals surface area contributed by atoms with Crippen molar-refractivity contribution in [3.05, 3.63) is 52.0 Å². The molecule has 0 aliphatic rings. The number of ether oxygens (including phenoxy) is 1. The summed E-state index contributed by atoms with van der Waals surface area (Å²) in [7, 11) is 0. The molecule has 0 aliphatic carbocycles. The second-order valence-corrected chi connectivity index (χ2v) is 5.07. The lowest BCUT2D eigenvalue weighted by Gasteiger charge is -2.05. The maximum atomic E-state index is 11.7. The summed E-state index contributed by atoms with van der Waals surface area (Å²) in [5.74, 6) is -0.190. The Morgan fingerprint density at radius 3 is 2.85 bits per heavy atom. The first kappa shape index (κ1) is 14.6. The van der Waals surface area contributed by atoms with Crippen molar-refractivity contribution in [2.45, 2.75) is 13.2 Å². The van der Waals surface area contributed by atoms with Crippen molar-refractivity contribution >= 4 is 17.2 Å². The van der Waals surface area contributed by atoms with Gasteiger partial charge in [0.15, 0.2) is 0 Å². The van der Waals surface area contributed by atoms with Gasteiger partial charge in [0.25, 0.3) is 5.91 Å². The van der Waals surface area contributed by atoms with Gasteiger partial charge in [-0.3, -0.25) is 4.79 Å². The molecule has 6 heteroatoms. The van der Waals surface area contributed by atoms with Crippen molar-refractivity contribution in [2.75, 3.05) is 13.2 Å². The lowest BCUT2D eigenvalue weighted by molar-refractivity contribution is 0.0897. The van der Waals surface area contributed by atoms with Crippen molar-refractivity contribution in [3.8, 4) is 0 Å². The number of aromatic nitrogens is 1. The van der Waals surface area contributed by atoms with Crippen molar-refractivity contribution in [1.82, 2.24) is 10.3 Å². The monoisotopic (exact) mass is 291 g/mol. The van der Waals surface area contributed by atoms with E-state index >= 15 is 0 Å². The van der Waals surface area contributed by atoms with Gasteiger partial charge in [-0.25, -0.2) is 4.98 Å². The molecule has 0 saturated heterocycles. The van der Waals surface area contributed by atoms with Gasteiger partial charge in [0, 0.05) is 18.5 Å². The van der Waals surface area contributed by atoms with Crippen LogP contribution in [0.25, 0.3) is 0 Å². The number of nitrogens with zero attached hydrogens (tertiary/aromatic N) is 1. The molecule has 20 heavy (non-hydrogen) atoms. The Bertz CT molecular complexity index is 542. The predicted octanol–water partition coefficient (Wildman–Crippen LogP) is 1.55. The van der Waals surface area contributed by atoms with Gasteiger partial charge in [-0.15, -0.1) is 11.3 Å². The van der Waals surface area contributed by atoms with Crippen LogP contribution in [0.3, 0.4) is 0 Å². The van der Waals surface area contributed by atoms with Crippen molar-refractivity contribution in [2.24, 2.45) is 5.73 Å². The van der Waals surface area contributed by atoms with Gasteiger partial charge in [-0.1, -0.05) is 30.3 Å². The lowest BCUT2D eigenvalue weighted by atomic mass is 10.2.